The summed E-state index contributed by atoms with van der Waals surface area (Å²) < 4.78 is 0. The Morgan fingerprint density at radius 3 is 2.60 bits per heavy atom. The van der Waals surface area contributed by atoms with E-state index in [0.29, 0.717) is 29.2 Å². The van der Waals surface area contributed by atoms with Crippen LogP contribution < -0.4 is 4.90 Å². The summed E-state index contributed by atoms with van der Waals surface area (Å²) >= 11 is 6.11. The van der Waals surface area contributed by atoms with Gasteiger partial charge in [0.15, 0.2) is 0 Å². The third kappa shape index (κ3) is 3.85. The number of anilines is 1. The number of carbonyl (C=O) groups is 2. The van der Waals surface area contributed by atoms with Crippen LogP contribution in [-0.4, -0.2) is 29.9 Å². The number of nitrogens with zero attached hydrogens (tertiary/aromatic N) is 2. The maximum absolute atomic E-state index is 13.2. The molecule has 2 aromatic carbocycles. The SMILES string of the molecule is Cc1ccc(C(=O)N(CN2CCCC2=O)c2cccc(Cl)c2)cc1C. The van der Waals surface area contributed by atoms with Crippen molar-refractivity contribution in [3.05, 3.63) is 64.2 Å². The lowest BCUT2D eigenvalue weighted by Crippen LogP contribution is -2.42. The van der Waals surface area contributed by atoms with Gasteiger partial charge in [0.2, 0.25) is 5.91 Å². The lowest BCUT2D eigenvalue weighted by Gasteiger charge is -2.28. The number of hydrogen-bond donors (Lipinski definition) is 0. The first-order valence-electron chi connectivity index (χ1n) is 8.38. The molecule has 2 amide bonds. The van der Waals surface area contributed by atoms with Gasteiger partial charge in [0, 0.05) is 29.2 Å². The lowest BCUT2D eigenvalue weighted by atomic mass is 10.1. The highest BCUT2D eigenvalue weighted by atomic mass is 35.5. The molecule has 0 aliphatic carbocycles. The fraction of sp³-hybridized carbons (Fsp3) is 0.300. The third-order valence-electron chi connectivity index (χ3n) is 4.60. The molecule has 1 aliphatic heterocycles. The standard InChI is InChI=1S/C20H21ClN2O2/c1-14-8-9-16(11-15(14)2)20(25)23(13-22-10-4-7-19(22)24)18-6-3-5-17(21)12-18/h3,5-6,8-9,11-12H,4,7,10,13H2,1-2H3. The molecular weight excluding hydrogens is 336 g/mol. The zero-order chi connectivity index (χ0) is 18.0. The molecule has 130 valence electrons. The molecule has 4 nitrogen and oxygen atoms in total. The monoisotopic (exact) mass is 356 g/mol. The van der Waals surface area contributed by atoms with Crippen molar-refractivity contribution in [1.82, 2.24) is 4.90 Å². The number of amides is 2. The van der Waals surface area contributed by atoms with E-state index in [1.165, 1.54) is 0 Å². The molecule has 1 saturated heterocycles. The predicted octanol–water partition coefficient (Wildman–Crippen LogP) is 4.18. The summed E-state index contributed by atoms with van der Waals surface area (Å²) in [5.74, 6) is -0.0509. The maximum Gasteiger partial charge on any atom is 0.259 e. The number of hydrogen-bond acceptors (Lipinski definition) is 2. The van der Waals surface area contributed by atoms with Gasteiger partial charge in [-0.25, -0.2) is 0 Å². The van der Waals surface area contributed by atoms with E-state index in [-0.39, 0.29) is 18.5 Å². The molecular formula is C20H21ClN2O2. The van der Waals surface area contributed by atoms with Gasteiger partial charge < -0.3 is 4.90 Å². The number of carbonyl (C=O) groups excluding carboxylic acids is 2. The number of benzene rings is 2. The zero-order valence-electron chi connectivity index (χ0n) is 14.5. The summed E-state index contributed by atoms with van der Waals surface area (Å²) in [6, 6.07) is 12.8. The van der Waals surface area contributed by atoms with Crippen LogP contribution in [-0.2, 0) is 4.79 Å². The summed E-state index contributed by atoms with van der Waals surface area (Å²) in [4.78, 5) is 28.5. The quantitative estimate of drug-likeness (QED) is 0.824. The number of aryl methyl sites for hydroxylation is 2. The van der Waals surface area contributed by atoms with E-state index >= 15 is 0 Å². The molecule has 1 aliphatic rings. The minimum absolute atomic E-state index is 0.0833. The first kappa shape index (κ1) is 17.5. The predicted molar refractivity (Wildman–Crippen MR) is 100.0 cm³/mol. The molecule has 0 aromatic heterocycles. The van der Waals surface area contributed by atoms with Crippen LogP contribution in [0, 0.1) is 13.8 Å². The number of rotatable bonds is 4. The van der Waals surface area contributed by atoms with Gasteiger partial charge in [-0.15, -0.1) is 0 Å². The van der Waals surface area contributed by atoms with Crippen LogP contribution in [0.5, 0.6) is 0 Å². The Bertz CT molecular complexity index is 819. The summed E-state index contributed by atoms with van der Waals surface area (Å²) in [7, 11) is 0. The van der Waals surface area contributed by atoms with Crippen molar-refractivity contribution in [3.63, 3.8) is 0 Å². The second kappa shape index (κ2) is 7.28. The largest absolute Gasteiger partial charge is 0.324 e. The average molecular weight is 357 g/mol. The van der Waals surface area contributed by atoms with Gasteiger partial charge >= 0.3 is 0 Å². The van der Waals surface area contributed by atoms with Crippen LogP contribution in [0.15, 0.2) is 42.5 Å². The van der Waals surface area contributed by atoms with Crippen molar-refractivity contribution < 1.29 is 9.59 Å². The molecule has 25 heavy (non-hydrogen) atoms. The Kier molecular flexibility index (Phi) is 5.09. The van der Waals surface area contributed by atoms with Gasteiger partial charge in [-0.2, -0.15) is 0 Å². The summed E-state index contributed by atoms with van der Waals surface area (Å²) in [5, 5.41) is 0.558. The molecule has 0 saturated carbocycles. The van der Waals surface area contributed by atoms with E-state index in [0.717, 1.165) is 17.5 Å². The first-order valence-corrected chi connectivity index (χ1v) is 8.76. The second-order valence-corrected chi connectivity index (χ2v) is 6.85. The molecule has 1 heterocycles. The molecule has 1 fully saturated rings. The summed E-state index contributed by atoms with van der Waals surface area (Å²) in [5.41, 5.74) is 3.50. The Labute approximate surface area is 153 Å². The Morgan fingerprint density at radius 1 is 1.16 bits per heavy atom. The Balaban J connectivity index is 1.95. The lowest BCUT2D eigenvalue weighted by molar-refractivity contribution is -0.127. The fourth-order valence-electron chi connectivity index (χ4n) is 2.96. The van der Waals surface area contributed by atoms with Crippen LogP contribution in [0.4, 0.5) is 5.69 Å². The van der Waals surface area contributed by atoms with Crippen LogP contribution in [0.2, 0.25) is 5.02 Å². The molecule has 0 N–H and O–H groups in total. The number of likely N-dealkylation sites (tertiary alicyclic amines) is 1. The molecule has 0 unspecified atom stereocenters. The minimum Gasteiger partial charge on any atom is -0.324 e. The Hall–Kier alpha value is -2.33. The fourth-order valence-corrected chi connectivity index (χ4v) is 3.15. The van der Waals surface area contributed by atoms with Crippen molar-refractivity contribution >= 4 is 29.1 Å². The molecule has 3 rings (SSSR count). The van der Waals surface area contributed by atoms with Gasteiger partial charge in [0.05, 0.1) is 0 Å². The first-order chi connectivity index (χ1) is 12.0. The molecule has 2 aromatic rings. The number of halogens is 1. The normalized spacial score (nSPS) is 14.0. The average Bonchev–Trinajstić information content (AvgIpc) is 2.99. The van der Waals surface area contributed by atoms with Crippen molar-refractivity contribution in [3.8, 4) is 0 Å². The van der Waals surface area contributed by atoms with Crippen LogP contribution in [0.1, 0.15) is 34.3 Å². The minimum atomic E-state index is -0.134. The van der Waals surface area contributed by atoms with Crippen LogP contribution >= 0.6 is 11.6 Å². The third-order valence-corrected chi connectivity index (χ3v) is 4.84. The second-order valence-electron chi connectivity index (χ2n) is 6.41. The van der Waals surface area contributed by atoms with E-state index in [9.17, 15) is 9.59 Å². The van der Waals surface area contributed by atoms with E-state index in [4.69, 9.17) is 11.6 Å². The van der Waals surface area contributed by atoms with Gasteiger partial charge in [-0.05, 0) is 61.7 Å². The highest BCUT2D eigenvalue weighted by Crippen LogP contribution is 2.24. The topological polar surface area (TPSA) is 40.6 Å². The van der Waals surface area contributed by atoms with Crippen molar-refractivity contribution in [1.29, 1.82) is 0 Å². The molecule has 0 spiro atoms. The van der Waals surface area contributed by atoms with E-state index in [1.807, 2.05) is 44.2 Å². The van der Waals surface area contributed by atoms with Crippen molar-refractivity contribution in [2.45, 2.75) is 26.7 Å². The maximum atomic E-state index is 13.2. The van der Waals surface area contributed by atoms with E-state index < -0.39 is 0 Å². The molecule has 5 heteroatoms. The van der Waals surface area contributed by atoms with Crippen LogP contribution in [0.25, 0.3) is 0 Å². The highest BCUT2D eigenvalue weighted by Gasteiger charge is 2.26. The van der Waals surface area contributed by atoms with E-state index in [2.05, 4.69) is 0 Å². The zero-order valence-corrected chi connectivity index (χ0v) is 15.2. The highest BCUT2D eigenvalue weighted by molar-refractivity contribution is 6.31. The van der Waals surface area contributed by atoms with Crippen LogP contribution in [0.3, 0.4) is 0 Å². The Morgan fingerprint density at radius 2 is 1.96 bits per heavy atom. The van der Waals surface area contributed by atoms with Gasteiger partial charge in [-0.1, -0.05) is 23.7 Å². The van der Waals surface area contributed by atoms with E-state index in [1.54, 1.807) is 21.9 Å². The molecule has 0 bridgehead atoms. The molecule has 0 radical (unpaired) electrons. The summed E-state index contributed by atoms with van der Waals surface area (Å²) in [6.45, 7) is 4.92. The van der Waals surface area contributed by atoms with Gasteiger partial charge in [-0.3, -0.25) is 14.5 Å². The van der Waals surface area contributed by atoms with Crippen molar-refractivity contribution in [2.75, 3.05) is 18.1 Å². The summed E-state index contributed by atoms with van der Waals surface area (Å²) in [6.07, 6.45) is 1.38. The van der Waals surface area contributed by atoms with Gasteiger partial charge in [0.25, 0.3) is 5.91 Å². The van der Waals surface area contributed by atoms with Crippen molar-refractivity contribution in [2.24, 2.45) is 0 Å². The van der Waals surface area contributed by atoms with Gasteiger partial charge in [0.1, 0.15) is 6.67 Å². The molecule has 0 atom stereocenters. The smallest absolute Gasteiger partial charge is 0.259 e.